The van der Waals surface area contributed by atoms with Crippen LogP contribution in [0, 0.1) is 6.92 Å². The third kappa shape index (κ3) is 2.12. The summed E-state index contributed by atoms with van der Waals surface area (Å²) >= 11 is 1.75. The number of para-hydroxylation sites is 1. The van der Waals surface area contributed by atoms with Crippen molar-refractivity contribution in [2.75, 3.05) is 0 Å². The SMILES string of the molecule is C=C1Cc2cc(C)ccc2C=C1c1nc2ccccc2s1. The molecule has 1 aliphatic rings. The number of benzene rings is 2. The summed E-state index contributed by atoms with van der Waals surface area (Å²) in [5.74, 6) is 0. The lowest BCUT2D eigenvalue weighted by Crippen LogP contribution is -2.02. The van der Waals surface area contributed by atoms with Crippen LogP contribution in [0.1, 0.15) is 21.7 Å². The number of hydrogen-bond donors (Lipinski definition) is 0. The Kier molecular flexibility index (Phi) is 2.79. The van der Waals surface area contributed by atoms with E-state index in [1.54, 1.807) is 11.3 Å². The number of allylic oxidation sites excluding steroid dienone is 2. The predicted octanol–water partition coefficient (Wildman–Crippen LogP) is 5.26. The third-order valence-electron chi connectivity index (χ3n) is 3.91. The first-order valence-corrected chi connectivity index (χ1v) is 7.88. The minimum Gasteiger partial charge on any atom is -0.236 e. The molecule has 0 aliphatic heterocycles. The van der Waals surface area contributed by atoms with Crippen molar-refractivity contribution in [1.82, 2.24) is 4.98 Å². The van der Waals surface area contributed by atoms with E-state index in [1.165, 1.54) is 27.0 Å². The number of thiazole rings is 1. The van der Waals surface area contributed by atoms with Crippen LogP contribution in [0.3, 0.4) is 0 Å². The van der Waals surface area contributed by atoms with Gasteiger partial charge < -0.3 is 0 Å². The molecule has 2 heteroatoms. The van der Waals surface area contributed by atoms with Gasteiger partial charge in [-0.2, -0.15) is 0 Å². The molecule has 0 N–H and O–H groups in total. The van der Waals surface area contributed by atoms with E-state index in [1.807, 2.05) is 6.07 Å². The molecule has 21 heavy (non-hydrogen) atoms. The van der Waals surface area contributed by atoms with Gasteiger partial charge in [0.2, 0.25) is 0 Å². The van der Waals surface area contributed by atoms with E-state index in [0.717, 1.165) is 22.5 Å². The van der Waals surface area contributed by atoms with Crippen molar-refractivity contribution in [3.8, 4) is 0 Å². The second-order valence-electron chi connectivity index (χ2n) is 5.53. The summed E-state index contributed by atoms with van der Waals surface area (Å²) < 4.78 is 1.23. The normalized spacial score (nSPS) is 14.1. The fraction of sp³-hybridized carbons (Fsp3) is 0.105. The van der Waals surface area contributed by atoms with Gasteiger partial charge in [0.1, 0.15) is 5.01 Å². The van der Waals surface area contributed by atoms with E-state index < -0.39 is 0 Å². The fourth-order valence-corrected chi connectivity index (χ4v) is 3.84. The van der Waals surface area contributed by atoms with Gasteiger partial charge in [-0.1, -0.05) is 42.5 Å². The van der Waals surface area contributed by atoms with Gasteiger partial charge in [-0.15, -0.1) is 11.3 Å². The molecule has 0 radical (unpaired) electrons. The van der Waals surface area contributed by atoms with Crippen LogP contribution in [0.15, 0.2) is 54.6 Å². The molecule has 0 saturated carbocycles. The zero-order valence-electron chi connectivity index (χ0n) is 11.9. The van der Waals surface area contributed by atoms with Crippen LogP contribution >= 0.6 is 11.3 Å². The number of rotatable bonds is 1. The molecule has 0 saturated heterocycles. The van der Waals surface area contributed by atoms with Gasteiger partial charge in [0.15, 0.2) is 0 Å². The van der Waals surface area contributed by atoms with Gasteiger partial charge in [0, 0.05) is 5.57 Å². The Morgan fingerprint density at radius 2 is 2.00 bits per heavy atom. The number of hydrogen-bond acceptors (Lipinski definition) is 2. The zero-order chi connectivity index (χ0) is 14.4. The molecule has 0 bridgehead atoms. The fourth-order valence-electron chi connectivity index (χ4n) is 2.81. The van der Waals surface area contributed by atoms with Crippen LogP contribution in [0.4, 0.5) is 0 Å². The minimum absolute atomic E-state index is 0.915. The molecule has 0 fully saturated rings. The van der Waals surface area contributed by atoms with Crippen molar-refractivity contribution in [3.63, 3.8) is 0 Å². The second-order valence-corrected chi connectivity index (χ2v) is 6.56. The summed E-state index contributed by atoms with van der Waals surface area (Å²) in [6, 6.07) is 14.9. The molecule has 1 nitrogen and oxygen atoms in total. The molecule has 4 rings (SSSR count). The molecular formula is C19H15NS. The van der Waals surface area contributed by atoms with Gasteiger partial charge in [0.25, 0.3) is 0 Å². The average Bonchev–Trinajstić information content (AvgIpc) is 2.90. The predicted molar refractivity (Wildman–Crippen MR) is 91.5 cm³/mol. The van der Waals surface area contributed by atoms with Crippen molar-refractivity contribution >= 4 is 33.2 Å². The van der Waals surface area contributed by atoms with Gasteiger partial charge in [-0.05, 0) is 48.3 Å². The highest BCUT2D eigenvalue weighted by Crippen LogP contribution is 2.37. The van der Waals surface area contributed by atoms with Crippen molar-refractivity contribution in [3.05, 3.63) is 76.3 Å². The molecule has 1 heterocycles. The lowest BCUT2D eigenvalue weighted by Gasteiger charge is -2.18. The van der Waals surface area contributed by atoms with Crippen molar-refractivity contribution in [2.24, 2.45) is 0 Å². The third-order valence-corrected chi connectivity index (χ3v) is 4.98. The monoisotopic (exact) mass is 289 g/mol. The van der Waals surface area contributed by atoms with E-state index in [-0.39, 0.29) is 0 Å². The summed E-state index contributed by atoms with van der Waals surface area (Å²) in [6.45, 7) is 6.40. The van der Waals surface area contributed by atoms with Crippen LogP contribution in [0.2, 0.25) is 0 Å². The Balaban J connectivity index is 1.87. The first kappa shape index (κ1) is 12.5. The average molecular weight is 289 g/mol. The van der Waals surface area contributed by atoms with E-state index in [4.69, 9.17) is 4.98 Å². The Bertz CT molecular complexity index is 866. The standard InChI is InChI=1S/C19H15NS/c1-12-7-8-14-11-16(13(2)10-15(14)9-12)19-20-17-5-3-4-6-18(17)21-19/h3-9,11H,2,10H2,1H3. The molecule has 3 aromatic rings. The lowest BCUT2D eigenvalue weighted by molar-refractivity contribution is 1.17. The molecule has 0 atom stereocenters. The smallest absolute Gasteiger partial charge is 0.124 e. The van der Waals surface area contributed by atoms with Crippen LogP contribution in [-0.2, 0) is 6.42 Å². The van der Waals surface area contributed by atoms with Gasteiger partial charge in [-0.25, -0.2) is 4.98 Å². The Morgan fingerprint density at radius 1 is 1.14 bits per heavy atom. The van der Waals surface area contributed by atoms with Gasteiger partial charge in [0.05, 0.1) is 10.2 Å². The number of nitrogens with zero attached hydrogens (tertiary/aromatic N) is 1. The molecule has 1 aromatic heterocycles. The molecular weight excluding hydrogens is 274 g/mol. The number of fused-ring (bicyclic) bond motifs is 2. The van der Waals surface area contributed by atoms with E-state index in [9.17, 15) is 0 Å². The van der Waals surface area contributed by atoms with Crippen molar-refractivity contribution < 1.29 is 0 Å². The van der Waals surface area contributed by atoms with Crippen LogP contribution in [-0.4, -0.2) is 4.98 Å². The molecule has 0 amide bonds. The van der Waals surface area contributed by atoms with E-state index in [0.29, 0.717) is 0 Å². The van der Waals surface area contributed by atoms with Gasteiger partial charge >= 0.3 is 0 Å². The largest absolute Gasteiger partial charge is 0.236 e. The number of aromatic nitrogens is 1. The Hall–Kier alpha value is -2.19. The van der Waals surface area contributed by atoms with E-state index >= 15 is 0 Å². The van der Waals surface area contributed by atoms with Crippen molar-refractivity contribution in [2.45, 2.75) is 13.3 Å². The topological polar surface area (TPSA) is 12.9 Å². The maximum absolute atomic E-state index is 4.77. The molecule has 2 aromatic carbocycles. The summed E-state index contributed by atoms with van der Waals surface area (Å²) in [5.41, 5.74) is 7.38. The summed E-state index contributed by atoms with van der Waals surface area (Å²) in [7, 11) is 0. The number of aryl methyl sites for hydroxylation is 1. The minimum atomic E-state index is 0.915. The Morgan fingerprint density at radius 3 is 2.86 bits per heavy atom. The maximum Gasteiger partial charge on any atom is 0.124 e. The lowest BCUT2D eigenvalue weighted by atomic mass is 9.88. The highest BCUT2D eigenvalue weighted by Gasteiger charge is 2.18. The molecule has 102 valence electrons. The van der Waals surface area contributed by atoms with Crippen LogP contribution in [0.25, 0.3) is 21.9 Å². The highest BCUT2D eigenvalue weighted by molar-refractivity contribution is 7.19. The Labute approximate surface area is 128 Å². The quantitative estimate of drug-likeness (QED) is 0.595. The molecule has 0 spiro atoms. The van der Waals surface area contributed by atoms with Crippen LogP contribution < -0.4 is 0 Å². The van der Waals surface area contributed by atoms with Crippen LogP contribution in [0.5, 0.6) is 0 Å². The van der Waals surface area contributed by atoms with Crippen molar-refractivity contribution in [1.29, 1.82) is 0 Å². The van der Waals surface area contributed by atoms with Gasteiger partial charge in [-0.3, -0.25) is 0 Å². The summed E-state index contributed by atoms with van der Waals surface area (Å²) in [5, 5.41) is 1.08. The maximum atomic E-state index is 4.77. The molecule has 1 aliphatic carbocycles. The second kappa shape index (κ2) is 4.68. The summed E-state index contributed by atoms with van der Waals surface area (Å²) in [6.07, 6.45) is 3.15. The first-order valence-electron chi connectivity index (χ1n) is 7.06. The first-order chi connectivity index (χ1) is 10.2. The molecule has 0 unspecified atom stereocenters. The highest BCUT2D eigenvalue weighted by atomic mass is 32.1. The summed E-state index contributed by atoms with van der Waals surface area (Å²) in [4.78, 5) is 4.77. The zero-order valence-corrected chi connectivity index (χ0v) is 12.7. The van der Waals surface area contributed by atoms with E-state index in [2.05, 4.69) is 56.0 Å².